The molecule has 0 bridgehead atoms. The van der Waals surface area contributed by atoms with Gasteiger partial charge in [0.2, 0.25) is 0 Å². The van der Waals surface area contributed by atoms with Crippen LogP contribution < -0.4 is 0 Å². The largest absolute Gasteiger partial charge is 0.478 e. The van der Waals surface area contributed by atoms with Crippen molar-refractivity contribution in [3.05, 3.63) is 33.8 Å². The van der Waals surface area contributed by atoms with E-state index in [2.05, 4.69) is 27.8 Å². The summed E-state index contributed by atoms with van der Waals surface area (Å²) >= 11 is 3.45. The molecule has 1 N–H and O–H groups in total. The lowest BCUT2D eigenvalue weighted by Gasteiger charge is -2.28. The van der Waals surface area contributed by atoms with Gasteiger partial charge in [-0.1, -0.05) is 22.0 Å². The number of hydrogen-bond donors (Lipinski definition) is 1. The minimum Gasteiger partial charge on any atom is -0.478 e. The second-order valence-electron chi connectivity index (χ2n) is 4.88. The van der Waals surface area contributed by atoms with Crippen molar-refractivity contribution in [1.82, 2.24) is 4.90 Å². The summed E-state index contributed by atoms with van der Waals surface area (Å²) in [5, 5.41) is 8.99. The van der Waals surface area contributed by atoms with E-state index in [4.69, 9.17) is 14.6 Å². The third kappa shape index (κ3) is 5.74. The minimum absolute atomic E-state index is 0.246. The maximum Gasteiger partial charge on any atom is 0.335 e. The van der Waals surface area contributed by atoms with E-state index < -0.39 is 5.97 Å². The number of carboxylic acids is 1. The quantitative estimate of drug-likeness (QED) is 0.734. The number of rotatable bonds is 9. The average Bonchev–Trinajstić information content (AvgIpc) is 2.44. The SMILES string of the molecule is COCCN(Cc1ccc(C(=O)O)cc1Br)C(C)COC. The number of hydrogen-bond acceptors (Lipinski definition) is 4. The molecule has 1 unspecified atom stereocenters. The van der Waals surface area contributed by atoms with Crippen LogP contribution in [0.2, 0.25) is 0 Å². The lowest BCUT2D eigenvalue weighted by Crippen LogP contribution is -2.38. The van der Waals surface area contributed by atoms with Crippen molar-refractivity contribution in [2.75, 3.05) is 34.0 Å². The summed E-state index contributed by atoms with van der Waals surface area (Å²) in [4.78, 5) is 13.2. The zero-order valence-corrected chi connectivity index (χ0v) is 14.2. The second kappa shape index (κ2) is 9.15. The molecule has 6 heteroatoms. The molecule has 0 saturated carbocycles. The summed E-state index contributed by atoms with van der Waals surface area (Å²) in [5.41, 5.74) is 1.32. The molecular formula is C15H22BrNO4. The molecule has 21 heavy (non-hydrogen) atoms. The van der Waals surface area contributed by atoms with Crippen LogP contribution in [-0.4, -0.2) is 56.0 Å². The Morgan fingerprint density at radius 2 is 2.10 bits per heavy atom. The van der Waals surface area contributed by atoms with Crippen molar-refractivity contribution < 1.29 is 19.4 Å². The molecule has 118 valence electrons. The Balaban J connectivity index is 2.84. The molecule has 0 aliphatic heterocycles. The molecule has 0 heterocycles. The number of benzene rings is 1. The van der Waals surface area contributed by atoms with E-state index in [0.29, 0.717) is 19.8 Å². The van der Waals surface area contributed by atoms with Crippen molar-refractivity contribution in [2.24, 2.45) is 0 Å². The van der Waals surface area contributed by atoms with E-state index in [-0.39, 0.29) is 11.6 Å². The van der Waals surface area contributed by atoms with E-state index >= 15 is 0 Å². The third-order valence-corrected chi connectivity index (χ3v) is 4.03. The van der Waals surface area contributed by atoms with Crippen LogP contribution in [0.25, 0.3) is 0 Å². The minimum atomic E-state index is -0.925. The average molecular weight is 360 g/mol. The predicted molar refractivity (Wildman–Crippen MR) is 84.7 cm³/mol. The van der Waals surface area contributed by atoms with Crippen LogP contribution in [0.3, 0.4) is 0 Å². The van der Waals surface area contributed by atoms with Crippen LogP contribution in [0.5, 0.6) is 0 Å². The zero-order chi connectivity index (χ0) is 15.8. The molecule has 0 aliphatic rings. The van der Waals surface area contributed by atoms with Crippen LogP contribution in [0.15, 0.2) is 22.7 Å². The van der Waals surface area contributed by atoms with Gasteiger partial charge in [-0.05, 0) is 24.6 Å². The van der Waals surface area contributed by atoms with E-state index in [1.807, 2.05) is 6.07 Å². The predicted octanol–water partition coefficient (Wildman–Crippen LogP) is 2.63. The second-order valence-corrected chi connectivity index (χ2v) is 5.73. The van der Waals surface area contributed by atoms with Crippen LogP contribution >= 0.6 is 15.9 Å². The summed E-state index contributed by atoms with van der Waals surface area (Å²) in [5.74, 6) is -0.925. The summed E-state index contributed by atoms with van der Waals surface area (Å²) < 4.78 is 11.2. The molecule has 0 radical (unpaired) electrons. The highest BCUT2D eigenvalue weighted by atomic mass is 79.9. The maximum atomic E-state index is 11.0. The third-order valence-electron chi connectivity index (χ3n) is 3.29. The molecule has 0 fully saturated rings. The van der Waals surface area contributed by atoms with E-state index in [9.17, 15) is 4.79 Å². The Morgan fingerprint density at radius 1 is 1.38 bits per heavy atom. The van der Waals surface area contributed by atoms with Gasteiger partial charge < -0.3 is 14.6 Å². The Bertz CT molecular complexity index is 467. The number of nitrogens with zero attached hydrogens (tertiary/aromatic N) is 1. The molecule has 0 amide bonds. The van der Waals surface area contributed by atoms with E-state index in [1.165, 1.54) is 0 Å². The van der Waals surface area contributed by atoms with Crippen LogP contribution in [-0.2, 0) is 16.0 Å². The highest BCUT2D eigenvalue weighted by Gasteiger charge is 2.16. The van der Waals surface area contributed by atoms with Gasteiger partial charge in [0, 0.05) is 37.8 Å². The molecule has 1 atom stereocenters. The first kappa shape index (κ1) is 18.1. The highest BCUT2D eigenvalue weighted by Crippen LogP contribution is 2.21. The molecule has 0 aromatic heterocycles. The van der Waals surface area contributed by atoms with Gasteiger partial charge in [-0.15, -0.1) is 0 Å². The van der Waals surface area contributed by atoms with Crippen LogP contribution in [0.4, 0.5) is 0 Å². The lowest BCUT2D eigenvalue weighted by atomic mass is 10.1. The molecule has 0 spiro atoms. The number of halogens is 1. The lowest BCUT2D eigenvalue weighted by molar-refractivity contribution is 0.0695. The monoisotopic (exact) mass is 359 g/mol. The van der Waals surface area contributed by atoms with Crippen molar-refractivity contribution in [1.29, 1.82) is 0 Å². The smallest absolute Gasteiger partial charge is 0.335 e. The Kier molecular flexibility index (Phi) is 7.88. The van der Waals surface area contributed by atoms with Gasteiger partial charge in [-0.3, -0.25) is 4.90 Å². The fourth-order valence-electron chi connectivity index (χ4n) is 2.04. The maximum absolute atomic E-state index is 11.0. The van der Waals surface area contributed by atoms with Gasteiger partial charge in [0.05, 0.1) is 18.8 Å². The molecule has 0 aliphatic carbocycles. The molecular weight excluding hydrogens is 338 g/mol. The number of methoxy groups -OCH3 is 2. The molecule has 5 nitrogen and oxygen atoms in total. The topological polar surface area (TPSA) is 59.0 Å². The van der Waals surface area contributed by atoms with Crippen LogP contribution in [0, 0.1) is 0 Å². The Hall–Kier alpha value is -0.950. The molecule has 1 aromatic rings. The number of ether oxygens (including phenoxy) is 2. The standard InChI is InChI=1S/C15H22BrNO4/c1-11(10-21-3)17(6-7-20-2)9-13-5-4-12(15(18)19)8-14(13)16/h4-5,8,11H,6-7,9-10H2,1-3H3,(H,18,19). The van der Waals surface area contributed by atoms with Gasteiger partial charge in [0.25, 0.3) is 0 Å². The van der Waals surface area contributed by atoms with Crippen molar-refractivity contribution in [3.8, 4) is 0 Å². The van der Waals surface area contributed by atoms with Crippen LogP contribution in [0.1, 0.15) is 22.8 Å². The van der Waals surface area contributed by atoms with Gasteiger partial charge in [-0.25, -0.2) is 4.79 Å². The Morgan fingerprint density at radius 3 is 2.62 bits per heavy atom. The first-order valence-corrected chi connectivity index (χ1v) is 7.52. The van der Waals surface area contributed by atoms with E-state index in [0.717, 1.165) is 16.6 Å². The number of carbonyl (C=O) groups is 1. The van der Waals surface area contributed by atoms with E-state index in [1.54, 1.807) is 26.4 Å². The molecule has 1 aromatic carbocycles. The van der Waals surface area contributed by atoms with Crippen molar-refractivity contribution in [3.63, 3.8) is 0 Å². The number of aromatic carboxylic acids is 1. The molecule has 1 rings (SSSR count). The summed E-state index contributed by atoms with van der Waals surface area (Å²) in [6, 6.07) is 5.34. The highest BCUT2D eigenvalue weighted by molar-refractivity contribution is 9.10. The number of carboxylic acid groups (broad SMARTS) is 1. The van der Waals surface area contributed by atoms with Crippen molar-refractivity contribution >= 4 is 21.9 Å². The Labute approximate surface area is 134 Å². The van der Waals surface area contributed by atoms with Gasteiger partial charge in [-0.2, -0.15) is 0 Å². The van der Waals surface area contributed by atoms with Gasteiger partial charge in [0.15, 0.2) is 0 Å². The summed E-state index contributed by atoms with van der Waals surface area (Å²) in [6.45, 7) is 4.86. The fraction of sp³-hybridized carbons (Fsp3) is 0.533. The fourth-order valence-corrected chi connectivity index (χ4v) is 2.54. The zero-order valence-electron chi connectivity index (χ0n) is 12.6. The first-order chi connectivity index (χ1) is 9.99. The molecule has 0 saturated heterocycles. The summed E-state index contributed by atoms with van der Waals surface area (Å²) in [6.07, 6.45) is 0. The van der Waals surface area contributed by atoms with Gasteiger partial charge in [0.1, 0.15) is 0 Å². The summed E-state index contributed by atoms with van der Waals surface area (Å²) in [7, 11) is 3.36. The normalized spacial score (nSPS) is 12.6. The first-order valence-electron chi connectivity index (χ1n) is 6.73. The van der Waals surface area contributed by atoms with Gasteiger partial charge >= 0.3 is 5.97 Å². The van der Waals surface area contributed by atoms with Crippen molar-refractivity contribution in [2.45, 2.75) is 19.5 Å².